The molecule has 0 spiro atoms. The lowest BCUT2D eigenvalue weighted by Gasteiger charge is -2.22. The van der Waals surface area contributed by atoms with Gasteiger partial charge in [0.1, 0.15) is 13.1 Å². The van der Waals surface area contributed by atoms with Crippen LogP contribution in [-0.2, 0) is 11.4 Å². The van der Waals surface area contributed by atoms with Crippen molar-refractivity contribution >= 4 is 28.1 Å². The topological polar surface area (TPSA) is 44.6 Å². The maximum atomic E-state index is 5.60. The third kappa shape index (κ3) is 3.17. The summed E-state index contributed by atoms with van der Waals surface area (Å²) in [5.74, 6) is 0.559. The third-order valence-electron chi connectivity index (χ3n) is 3.25. The molecule has 0 aliphatic carbocycles. The number of quaternary nitrogens is 1. The summed E-state index contributed by atoms with van der Waals surface area (Å²) in [6.45, 7) is 4.25. The summed E-state index contributed by atoms with van der Waals surface area (Å²) in [6.07, 6.45) is 0. The molecule has 0 unspecified atom stereocenters. The molecular weight excluding hydrogens is 342 g/mol. The van der Waals surface area contributed by atoms with Crippen molar-refractivity contribution < 1.29 is 14.1 Å². The van der Waals surface area contributed by atoms with Gasteiger partial charge in [-0.2, -0.15) is 4.68 Å². The molecule has 0 amide bonds. The first-order valence-corrected chi connectivity index (χ1v) is 7.68. The van der Waals surface area contributed by atoms with Gasteiger partial charge in [-0.3, -0.25) is 0 Å². The van der Waals surface area contributed by atoms with Crippen molar-refractivity contribution in [3.8, 4) is 11.5 Å². The van der Waals surface area contributed by atoms with Crippen LogP contribution >= 0.6 is 28.1 Å². The highest BCUT2D eigenvalue weighted by atomic mass is 79.9. The molecule has 2 heterocycles. The molecule has 2 aromatic rings. The van der Waals surface area contributed by atoms with Gasteiger partial charge in [0.25, 0.3) is 4.84 Å². The second-order valence-electron chi connectivity index (χ2n) is 4.70. The second kappa shape index (κ2) is 6.17. The van der Waals surface area contributed by atoms with E-state index < -0.39 is 0 Å². The quantitative estimate of drug-likeness (QED) is 0.846. The lowest BCUT2D eigenvalue weighted by Crippen LogP contribution is -3.13. The van der Waals surface area contributed by atoms with Gasteiger partial charge in [-0.25, -0.2) is 0 Å². The molecular formula is C13H15BrN3O2S+. The van der Waals surface area contributed by atoms with Gasteiger partial charge in [0.15, 0.2) is 6.67 Å². The highest BCUT2D eigenvalue weighted by Gasteiger charge is 2.17. The average Bonchev–Trinajstić information content (AvgIpc) is 2.81. The molecule has 5 nitrogen and oxygen atoms in total. The predicted molar refractivity (Wildman–Crippen MR) is 80.0 cm³/mol. The van der Waals surface area contributed by atoms with Crippen LogP contribution in [0.4, 0.5) is 0 Å². The molecule has 1 N–H and O–H groups in total. The minimum Gasteiger partial charge on any atom is -0.409 e. The van der Waals surface area contributed by atoms with Crippen LogP contribution in [0.2, 0.25) is 0 Å². The fraction of sp³-hybridized carbons (Fsp3) is 0.385. The number of morpholine rings is 1. The van der Waals surface area contributed by atoms with Crippen molar-refractivity contribution in [1.82, 2.24) is 9.78 Å². The first kappa shape index (κ1) is 13.9. The Bertz CT molecular complexity index is 649. The first-order chi connectivity index (χ1) is 9.72. The van der Waals surface area contributed by atoms with Gasteiger partial charge in [-0.1, -0.05) is 22.0 Å². The Hall–Kier alpha value is -1.02. The third-order valence-corrected chi connectivity index (χ3v) is 4.04. The summed E-state index contributed by atoms with van der Waals surface area (Å²) in [6, 6.07) is 7.83. The van der Waals surface area contributed by atoms with Crippen molar-refractivity contribution in [2.75, 3.05) is 26.3 Å². The average molecular weight is 357 g/mol. The summed E-state index contributed by atoms with van der Waals surface area (Å²) in [7, 11) is 0. The van der Waals surface area contributed by atoms with E-state index in [0.29, 0.717) is 10.7 Å². The predicted octanol–water partition coefficient (Wildman–Crippen LogP) is 1.51. The van der Waals surface area contributed by atoms with Crippen LogP contribution in [0, 0.1) is 4.84 Å². The van der Waals surface area contributed by atoms with Crippen molar-refractivity contribution in [1.29, 1.82) is 0 Å². The van der Waals surface area contributed by atoms with Crippen LogP contribution in [0.5, 0.6) is 0 Å². The molecule has 0 radical (unpaired) electrons. The first-order valence-electron chi connectivity index (χ1n) is 6.47. The Morgan fingerprint density at radius 1 is 1.35 bits per heavy atom. The summed E-state index contributed by atoms with van der Waals surface area (Å²) < 4.78 is 13.7. The van der Waals surface area contributed by atoms with E-state index in [-0.39, 0.29) is 0 Å². The van der Waals surface area contributed by atoms with Crippen LogP contribution in [0.1, 0.15) is 0 Å². The van der Waals surface area contributed by atoms with E-state index in [9.17, 15) is 0 Å². The maximum Gasteiger partial charge on any atom is 0.292 e. The summed E-state index contributed by atoms with van der Waals surface area (Å²) in [5, 5.41) is 4.48. The van der Waals surface area contributed by atoms with Crippen LogP contribution in [-0.4, -0.2) is 36.1 Å². The number of nitrogens with zero attached hydrogens (tertiary/aromatic N) is 2. The molecule has 106 valence electrons. The van der Waals surface area contributed by atoms with Crippen molar-refractivity contribution in [2.24, 2.45) is 0 Å². The Kier molecular flexibility index (Phi) is 4.30. The van der Waals surface area contributed by atoms with Gasteiger partial charge < -0.3 is 14.1 Å². The van der Waals surface area contributed by atoms with E-state index >= 15 is 0 Å². The zero-order chi connectivity index (χ0) is 13.9. The fourth-order valence-electron chi connectivity index (χ4n) is 2.17. The molecule has 20 heavy (non-hydrogen) atoms. The molecule has 1 aliphatic heterocycles. The molecule has 1 saturated heterocycles. The second-order valence-corrected chi connectivity index (χ2v) is 5.97. The van der Waals surface area contributed by atoms with Gasteiger partial charge in [-0.15, -0.1) is 5.10 Å². The van der Waals surface area contributed by atoms with Crippen LogP contribution in [0.15, 0.2) is 33.2 Å². The standard InChI is InChI=1S/C13H14BrN3O2S/c14-11-3-1-2-10(8-11)12-15-17(13(20)19-12)9-16-4-6-18-7-5-16/h1-3,8H,4-7,9H2/p+1. The van der Waals surface area contributed by atoms with Crippen LogP contribution in [0.25, 0.3) is 11.5 Å². The van der Waals surface area contributed by atoms with Crippen LogP contribution in [0.3, 0.4) is 0 Å². The van der Waals surface area contributed by atoms with Gasteiger partial charge >= 0.3 is 0 Å². The number of hydrogen-bond donors (Lipinski definition) is 1. The molecule has 3 rings (SSSR count). The molecule has 7 heteroatoms. The highest BCUT2D eigenvalue weighted by molar-refractivity contribution is 9.10. The number of benzene rings is 1. The lowest BCUT2D eigenvalue weighted by molar-refractivity contribution is -0.931. The number of aromatic nitrogens is 2. The number of ether oxygens (including phenoxy) is 1. The lowest BCUT2D eigenvalue weighted by atomic mass is 10.2. The largest absolute Gasteiger partial charge is 0.409 e. The molecule has 1 aliphatic rings. The highest BCUT2D eigenvalue weighted by Crippen LogP contribution is 2.21. The SMILES string of the molecule is S=c1oc(-c2cccc(Br)c2)nn1C[NH+]1CCOCC1. The van der Waals surface area contributed by atoms with E-state index in [0.717, 1.165) is 43.0 Å². The van der Waals surface area contributed by atoms with Crippen molar-refractivity contribution in [2.45, 2.75) is 6.67 Å². The molecule has 0 atom stereocenters. The van der Waals surface area contributed by atoms with E-state index in [2.05, 4.69) is 21.0 Å². The molecule has 1 aromatic heterocycles. The van der Waals surface area contributed by atoms with E-state index in [4.69, 9.17) is 21.4 Å². The van der Waals surface area contributed by atoms with Crippen molar-refractivity contribution in [3.05, 3.63) is 33.6 Å². The minimum absolute atomic E-state index is 0.416. The van der Waals surface area contributed by atoms with Crippen LogP contribution < -0.4 is 4.90 Å². The number of rotatable bonds is 3. The minimum atomic E-state index is 0.416. The molecule has 1 fully saturated rings. The molecule has 0 bridgehead atoms. The Labute approximate surface area is 130 Å². The summed E-state index contributed by atoms with van der Waals surface area (Å²) >= 11 is 8.70. The summed E-state index contributed by atoms with van der Waals surface area (Å²) in [4.78, 5) is 1.82. The smallest absolute Gasteiger partial charge is 0.292 e. The normalized spacial score (nSPS) is 16.4. The van der Waals surface area contributed by atoms with E-state index in [1.807, 2.05) is 24.3 Å². The molecule has 1 aromatic carbocycles. The fourth-order valence-corrected chi connectivity index (χ4v) is 2.76. The monoisotopic (exact) mass is 356 g/mol. The Morgan fingerprint density at radius 3 is 2.90 bits per heavy atom. The zero-order valence-electron chi connectivity index (χ0n) is 10.8. The Balaban J connectivity index is 1.81. The zero-order valence-corrected chi connectivity index (χ0v) is 13.2. The van der Waals surface area contributed by atoms with Gasteiger partial charge in [0.05, 0.1) is 13.2 Å². The number of halogens is 1. The van der Waals surface area contributed by atoms with E-state index in [1.54, 1.807) is 4.68 Å². The maximum absolute atomic E-state index is 5.60. The van der Waals surface area contributed by atoms with Gasteiger partial charge in [0.2, 0.25) is 5.89 Å². The van der Waals surface area contributed by atoms with Gasteiger partial charge in [-0.05, 0) is 30.4 Å². The number of hydrogen-bond acceptors (Lipinski definition) is 4. The molecule has 0 saturated carbocycles. The summed E-state index contributed by atoms with van der Waals surface area (Å²) in [5.41, 5.74) is 0.918. The van der Waals surface area contributed by atoms with E-state index in [1.165, 1.54) is 4.90 Å². The number of nitrogens with one attached hydrogen (secondary N) is 1. The van der Waals surface area contributed by atoms with Gasteiger partial charge in [0, 0.05) is 10.0 Å². The Morgan fingerprint density at radius 2 is 2.15 bits per heavy atom. The van der Waals surface area contributed by atoms with Crippen molar-refractivity contribution in [3.63, 3.8) is 0 Å².